The van der Waals surface area contributed by atoms with E-state index in [-0.39, 0.29) is 0 Å². The van der Waals surface area contributed by atoms with Crippen LogP contribution in [0.4, 0.5) is 17.1 Å². The number of ether oxygens (including phenoxy) is 1. The van der Waals surface area contributed by atoms with Crippen molar-refractivity contribution in [2.45, 2.75) is 5.41 Å². The Hall–Kier alpha value is -6.55. The highest BCUT2D eigenvalue weighted by atomic mass is 35.5. The van der Waals surface area contributed by atoms with Crippen LogP contribution in [0.1, 0.15) is 22.3 Å². The summed E-state index contributed by atoms with van der Waals surface area (Å²) < 4.78 is 13.9. The molecule has 8 aromatic carbocycles. The van der Waals surface area contributed by atoms with Crippen LogP contribution < -0.4 is 9.64 Å². The van der Waals surface area contributed by atoms with Gasteiger partial charge in [0.05, 0.1) is 22.2 Å². The Morgan fingerprint density at radius 1 is 0.491 bits per heavy atom. The van der Waals surface area contributed by atoms with Gasteiger partial charge in [-0.2, -0.15) is 0 Å². The van der Waals surface area contributed by atoms with E-state index in [4.69, 9.17) is 20.8 Å². The molecule has 0 atom stereocenters. The zero-order valence-corrected chi connectivity index (χ0v) is 29.2. The van der Waals surface area contributed by atoms with Crippen molar-refractivity contribution >= 4 is 50.6 Å². The van der Waals surface area contributed by atoms with Crippen LogP contribution in [0.3, 0.4) is 0 Å². The maximum absolute atomic E-state index is 7.15. The molecule has 1 aliphatic carbocycles. The van der Waals surface area contributed by atoms with Crippen molar-refractivity contribution in [2.75, 3.05) is 4.90 Å². The van der Waals surface area contributed by atoms with Crippen molar-refractivity contribution in [3.05, 3.63) is 209 Å². The number of furan rings is 1. The molecule has 4 heteroatoms. The third-order valence-corrected chi connectivity index (χ3v) is 11.2. The van der Waals surface area contributed by atoms with Gasteiger partial charge in [0.15, 0.2) is 5.75 Å². The Balaban J connectivity index is 1.25. The Morgan fingerprint density at radius 2 is 1.15 bits per heavy atom. The van der Waals surface area contributed by atoms with E-state index in [1.165, 1.54) is 22.3 Å². The normalized spacial score (nSPS) is 13.3. The van der Waals surface area contributed by atoms with Crippen LogP contribution in [0.15, 0.2) is 186 Å². The molecule has 3 nitrogen and oxygen atoms in total. The zero-order chi connectivity index (χ0) is 35.1. The summed E-state index contributed by atoms with van der Waals surface area (Å²) in [4.78, 5) is 2.33. The van der Waals surface area contributed by atoms with E-state index in [0.717, 1.165) is 72.8 Å². The number of para-hydroxylation sites is 3. The first-order chi connectivity index (χ1) is 26.2. The van der Waals surface area contributed by atoms with Crippen LogP contribution in [-0.2, 0) is 5.41 Å². The Labute approximate surface area is 311 Å². The summed E-state index contributed by atoms with van der Waals surface area (Å²) in [6, 6.07) is 63.9. The van der Waals surface area contributed by atoms with Crippen molar-refractivity contribution in [1.82, 2.24) is 0 Å². The van der Waals surface area contributed by atoms with Gasteiger partial charge in [-0.05, 0) is 82.4 Å². The second-order valence-corrected chi connectivity index (χ2v) is 14.1. The third kappa shape index (κ3) is 4.23. The predicted molar refractivity (Wildman–Crippen MR) is 216 cm³/mol. The third-order valence-electron chi connectivity index (χ3n) is 11.0. The maximum Gasteiger partial charge on any atom is 0.156 e. The number of fused-ring (bicyclic) bond motifs is 12. The van der Waals surface area contributed by atoms with E-state index in [9.17, 15) is 0 Å². The SMILES string of the molecule is Clc1ccc2c(c1)C1(c3ccccc3-c3ccccc31)c1cccc(N(c3ccccc3)c3ccc(-c4ccccc4)c4oc5ccccc5c34)c1O2. The molecule has 11 rings (SSSR count). The fourth-order valence-electron chi connectivity index (χ4n) is 8.89. The van der Waals surface area contributed by atoms with Gasteiger partial charge in [0, 0.05) is 32.8 Å². The van der Waals surface area contributed by atoms with E-state index >= 15 is 0 Å². The summed E-state index contributed by atoms with van der Waals surface area (Å²) in [5.74, 6) is 1.58. The number of benzene rings is 8. The number of halogens is 1. The molecule has 1 aliphatic heterocycles. The molecule has 1 aromatic heterocycles. The van der Waals surface area contributed by atoms with Crippen LogP contribution >= 0.6 is 11.6 Å². The molecule has 250 valence electrons. The van der Waals surface area contributed by atoms with E-state index in [2.05, 4.69) is 163 Å². The van der Waals surface area contributed by atoms with Gasteiger partial charge in [0.2, 0.25) is 0 Å². The molecule has 0 N–H and O–H groups in total. The van der Waals surface area contributed by atoms with Crippen LogP contribution in [0.25, 0.3) is 44.2 Å². The molecule has 53 heavy (non-hydrogen) atoms. The van der Waals surface area contributed by atoms with Gasteiger partial charge in [-0.1, -0.05) is 139 Å². The van der Waals surface area contributed by atoms with Gasteiger partial charge in [0.25, 0.3) is 0 Å². The standard InChI is InChI=1S/C49H30ClNO2/c50-32-26-29-45-41(30-32)49(38-21-10-7-18-35(38)36-19-8-11-22-39(36)49)40-23-13-24-43(48(40)53-45)51(33-16-5-2-6-17-33)42-28-27-34(31-14-3-1-4-15-31)47-46(42)37-20-9-12-25-44(37)52-47/h1-30H. The van der Waals surface area contributed by atoms with Crippen LogP contribution in [0.5, 0.6) is 11.5 Å². The zero-order valence-electron chi connectivity index (χ0n) is 28.5. The second kappa shape index (κ2) is 11.5. The summed E-state index contributed by atoms with van der Waals surface area (Å²) in [6.45, 7) is 0. The number of hydrogen-bond donors (Lipinski definition) is 0. The topological polar surface area (TPSA) is 25.6 Å². The number of rotatable bonds is 4. The highest BCUT2D eigenvalue weighted by Crippen LogP contribution is 2.64. The number of anilines is 3. The predicted octanol–water partition coefficient (Wildman–Crippen LogP) is 13.8. The molecule has 0 fully saturated rings. The first-order valence-electron chi connectivity index (χ1n) is 17.9. The van der Waals surface area contributed by atoms with Crippen molar-refractivity contribution in [3.63, 3.8) is 0 Å². The molecule has 2 heterocycles. The highest BCUT2D eigenvalue weighted by Gasteiger charge is 2.52. The summed E-state index contributed by atoms with van der Waals surface area (Å²) in [6.07, 6.45) is 0. The van der Waals surface area contributed by atoms with Crippen LogP contribution in [-0.4, -0.2) is 0 Å². The van der Waals surface area contributed by atoms with E-state index in [0.29, 0.717) is 5.02 Å². The minimum atomic E-state index is -0.659. The maximum atomic E-state index is 7.15. The summed E-state index contributed by atoms with van der Waals surface area (Å²) in [7, 11) is 0. The van der Waals surface area contributed by atoms with Crippen molar-refractivity contribution < 1.29 is 9.15 Å². The molecule has 1 spiro atoms. The Morgan fingerprint density at radius 3 is 1.92 bits per heavy atom. The fourth-order valence-corrected chi connectivity index (χ4v) is 9.06. The Kier molecular flexibility index (Phi) is 6.52. The molecule has 0 bridgehead atoms. The average molecular weight is 700 g/mol. The van der Waals surface area contributed by atoms with Crippen molar-refractivity contribution in [2.24, 2.45) is 0 Å². The highest BCUT2D eigenvalue weighted by molar-refractivity contribution is 6.30. The van der Waals surface area contributed by atoms with Gasteiger partial charge in [-0.15, -0.1) is 0 Å². The van der Waals surface area contributed by atoms with Crippen LogP contribution in [0.2, 0.25) is 5.02 Å². The van der Waals surface area contributed by atoms with Gasteiger partial charge in [-0.3, -0.25) is 0 Å². The van der Waals surface area contributed by atoms with Gasteiger partial charge in [-0.25, -0.2) is 0 Å². The molecule has 0 radical (unpaired) electrons. The van der Waals surface area contributed by atoms with Gasteiger partial charge in [0.1, 0.15) is 16.9 Å². The molecular formula is C49H30ClNO2. The summed E-state index contributed by atoms with van der Waals surface area (Å²) >= 11 is 6.84. The molecule has 0 saturated heterocycles. The summed E-state index contributed by atoms with van der Waals surface area (Å²) in [5, 5.41) is 2.77. The minimum absolute atomic E-state index is 0.659. The van der Waals surface area contributed by atoms with Crippen molar-refractivity contribution in [3.8, 4) is 33.8 Å². The minimum Gasteiger partial charge on any atom is -0.455 e. The summed E-state index contributed by atoms with van der Waals surface area (Å²) in [5.41, 5.74) is 13.1. The average Bonchev–Trinajstić information content (AvgIpc) is 3.75. The fraction of sp³-hybridized carbons (Fsp3) is 0.0204. The molecular weight excluding hydrogens is 670 g/mol. The number of nitrogens with zero attached hydrogens (tertiary/aromatic N) is 1. The first kappa shape index (κ1) is 30.1. The lowest BCUT2D eigenvalue weighted by Crippen LogP contribution is -2.32. The second-order valence-electron chi connectivity index (χ2n) is 13.7. The lowest BCUT2D eigenvalue weighted by molar-refractivity contribution is 0.437. The van der Waals surface area contributed by atoms with Crippen LogP contribution in [0, 0.1) is 0 Å². The largest absolute Gasteiger partial charge is 0.455 e. The van der Waals surface area contributed by atoms with Crippen molar-refractivity contribution in [1.29, 1.82) is 0 Å². The lowest BCUT2D eigenvalue weighted by Gasteiger charge is -2.41. The van der Waals surface area contributed by atoms with E-state index in [1.807, 2.05) is 24.3 Å². The molecule has 2 aliphatic rings. The number of hydrogen-bond acceptors (Lipinski definition) is 3. The Bertz CT molecular complexity index is 2850. The van der Waals surface area contributed by atoms with E-state index < -0.39 is 5.41 Å². The molecule has 0 unspecified atom stereocenters. The lowest BCUT2D eigenvalue weighted by atomic mass is 9.66. The molecule has 9 aromatic rings. The quantitative estimate of drug-likeness (QED) is 0.183. The molecule has 0 amide bonds. The molecule has 0 saturated carbocycles. The monoisotopic (exact) mass is 699 g/mol. The first-order valence-corrected chi connectivity index (χ1v) is 18.3. The smallest absolute Gasteiger partial charge is 0.156 e. The van der Waals surface area contributed by atoms with Gasteiger partial charge < -0.3 is 14.1 Å². The van der Waals surface area contributed by atoms with Gasteiger partial charge >= 0.3 is 0 Å². The van der Waals surface area contributed by atoms with E-state index in [1.54, 1.807) is 0 Å².